The lowest BCUT2D eigenvalue weighted by atomic mass is 9.64. The predicted octanol–water partition coefficient (Wildman–Crippen LogP) is 21.1. The van der Waals surface area contributed by atoms with Crippen molar-refractivity contribution in [3.05, 3.63) is 150 Å². The largest absolute Gasteiger partial charge is 0.125 e. The molecule has 3 aliphatic heterocycles. The van der Waals surface area contributed by atoms with E-state index in [-0.39, 0.29) is 25.7 Å². The molecular formula is C69H68S3. The van der Waals surface area contributed by atoms with Gasteiger partial charge in [0.1, 0.15) is 0 Å². The van der Waals surface area contributed by atoms with E-state index in [1.165, 1.54) is 192 Å². The summed E-state index contributed by atoms with van der Waals surface area (Å²) in [5.74, 6) is 1.17. The summed E-state index contributed by atoms with van der Waals surface area (Å²) in [6.07, 6.45) is 16.9. The van der Waals surface area contributed by atoms with Gasteiger partial charge in [0.2, 0.25) is 0 Å². The average Bonchev–Trinajstić information content (AvgIpc) is 3.95. The molecule has 0 bridgehead atoms. The molecule has 3 heterocycles. The van der Waals surface area contributed by atoms with E-state index in [2.05, 4.69) is 210 Å². The molecule has 0 N–H and O–H groups in total. The van der Waals surface area contributed by atoms with Crippen LogP contribution in [0.25, 0.3) is 87.6 Å². The highest BCUT2D eigenvalue weighted by Gasteiger charge is 2.55. The minimum Gasteiger partial charge on any atom is -0.125 e. The lowest BCUT2D eigenvalue weighted by Crippen LogP contribution is -2.43. The van der Waals surface area contributed by atoms with Gasteiger partial charge in [-0.05, 0) is 199 Å². The molecule has 14 rings (SSSR count). The summed E-state index contributed by atoms with van der Waals surface area (Å²) in [7, 11) is 0. The van der Waals surface area contributed by atoms with Gasteiger partial charge in [-0.15, -0.1) is 35.3 Å². The fourth-order valence-electron chi connectivity index (χ4n) is 15.2. The summed E-state index contributed by atoms with van der Waals surface area (Å²) < 4.78 is 0.477. The molecule has 2 saturated carbocycles. The number of unbranched alkanes of at least 4 members (excludes halogenated alkanes) is 3. The Morgan fingerprint density at radius 3 is 1.50 bits per heavy atom. The van der Waals surface area contributed by atoms with Gasteiger partial charge in [-0.1, -0.05) is 164 Å². The monoisotopic (exact) mass is 992 g/mol. The number of benzene rings is 9. The van der Waals surface area contributed by atoms with E-state index in [9.17, 15) is 0 Å². The van der Waals surface area contributed by atoms with Crippen molar-refractivity contribution in [1.82, 2.24) is 0 Å². The Balaban J connectivity index is 1.06. The molecule has 5 atom stereocenters. The second kappa shape index (κ2) is 16.7. The second-order valence-electron chi connectivity index (χ2n) is 24.1. The first-order valence-corrected chi connectivity index (χ1v) is 30.3. The van der Waals surface area contributed by atoms with Crippen LogP contribution in [-0.2, 0) is 16.2 Å². The molecule has 9 aromatic carbocycles. The predicted molar refractivity (Wildman–Crippen MR) is 316 cm³/mol. The SMILES string of the molecule is CCCCCCC1(C)CSc2ccc(-c3cc(-c4ccc5c(c4)C4(C)CCCCC4(C)S5)c4ccc5c(-c6ccc7c(c6)C6(C)CCCCC6(C)S7)cc(-c6cccc7ccccc67)c6ccc3c4c56)cc21. The van der Waals surface area contributed by atoms with Crippen molar-refractivity contribution in [1.29, 1.82) is 0 Å². The molecule has 5 aliphatic rings. The van der Waals surface area contributed by atoms with E-state index >= 15 is 0 Å². The number of fused-ring (bicyclic) bond motifs is 8. The van der Waals surface area contributed by atoms with Crippen molar-refractivity contribution >= 4 is 78.4 Å². The van der Waals surface area contributed by atoms with Crippen LogP contribution < -0.4 is 0 Å². The molecule has 2 aliphatic carbocycles. The normalized spacial score (nSPS) is 26.4. The van der Waals surface area contributed by atoms with Crippen LogP contribution in [0, 0.1) is 0 Å². The van der Waals surface area contributed by atoms with E-state index in [1.807, 2.05) is 0 Å². The van der Waals surface area contributed by atoms with Gasteiger partial charge < -0.3 is 0 Å². The fraction of sp³-hybridized carbons (Fsp3) is 0.362. The summed E-state index contributed by atoms with van der Waals surface area (Å²) in [4.78, 5) is 4.47. The molecule has 72 heavy (non-hydrogen) atoms. The van der Waals surface area contributed by atoms with Crippen molar-refractivity contribution in [2.24, 2.45) is 0 Å². The quantitative estimate of drug-likeness (QED) is 0.104. The Labute approximate surface area is 441 Å². The van der Waals surface area contributed by atoms with Crippen LogP contribution in [0.3, 0.4) is 0 Å². The summed E-state index contributed by atoms with van der Waals surface area (Å²) in [5, 5.41) is 10.8. The van der Waals surface area contributed by atoms with E-state index in [1.54, 1.807) is 16.7 Å². The molecule has 3 heteroatoms. The lowest BCUT2D eigenvalue weighted by molar-refractivity contribution is 0.260. The average molecular weight is 994 g/mol. The minimum absolute atomic E-state index is 0.160. The maximum atomic E-state index is 2.65. The molecule has 0 aromatic heterocycles. The van der Waals surface area contributed by atoms with Gasteiger partial charge in [0.15, 0.2) is 0 Å². The van der Waals surface area contributed by atoms with Crippen LogP contribution in [-0.4, -0.2) is 15.2 Å². The van der Waals surface area contributed by atoms with Gasteiger partial charge >= 0.3 is 0 Å². The van der Waals surface area contributed by atoms with Crippen molar-refractivity contribution in [2.45, 2.75) is 165 Å². The van der Waals surface area contributed by atoms with Gasteiger partial charge in [0, 0.05) is 46.2 Å². The first-order valence-electron chi connectivity index (χ1n) is 27.6. The topological polar surface area (TPSA) is 0 Å². The zero-order valence-corrected chi connectivity index (χ0v) is 45.8. The number of rotatable bonds is 9. The maximum Gasteiger partial charge on any atom is 0.0273 e. The molecular weight excluding hydrogens is 925 g/mol. The first kappa shape index (κ1) is 45.9. The number of hydrogen-bond acceptors (Lipinski definition) is 3. The fourth-order valence-corrected chi connectivity index (χ4v) is 20.0. The van der Waals surface area contributed by atoms with Gasteiger partial charge in [-0.3, -0.25) is 0 Å². The Bertz CT molecular complexity index is 3690. The van der Waals surface area contributed by atoms with Gasteiger partial charge in [0.05, 0.1) is 0 Å². The minimum atomic E-state index is 0.160. The van der Waals surface area contributed by atoms with Crippen LogP contribution in [0.1, 0.15) is 142 Å². The Hall–Kier alpha value is -4.67. The molecule has 9 aromatic rings. The van der Waals surface area contributed by atoms with Crippen LogP contribution in [0.5, 0.6) is 0 Å². The zero-order valence-electron chi connectivity index (χ0n) is 43.3. The second-order valence-corrected chi connectivity index (χ2v) is 28.2. The van der Waals surface area contributed by atoms with E-state index in [4.69, 9.17) is 0 Å². The van der Waals surface area contributed by atoms with Crippen molar-refractivity contribution in [3.63, 3.8) is 0 Å². The van der Waals surface area contributed by atoms with E-state index in [0.29, 0.717) is 0 Å². The van der Waals surface area contributed by atoms with Crippen LogP contribution in [0.15, 0.2) is 148 Å². The van der Waals surface area contributed by atoms with E-state index < -0.39 is 0 Å². The molecule has 0 saturated heterocycles. The third-order valence-corrected chi connectivity index (χ3v) is 24.8. The van der Waals surface area contributed by atoms with Crippen LogP contribution >= 0.6 is 35.3 Å². The van der Waals surface area contributed by atoms with Gasteiger partial charge in [-0.25, -0.2) is 0 Å². The molecule has 0 amide bonds. The summed E-state index contributed by atoms with van der Waals surface area (Å²) >= 11 is 6.40. The van der Waals surface area contributed by atoms with Crippen LogP contribution in [0.4, 0.5) is 0 Å². The molecule has 5 unspecified atom stereocenters. The third kappa shape index (κ3) is 6.60. The number of hydrogen-bond donors (Lipinski definition) is 0. The smallest absolute Gasteiger partial charge is 0.0273 e. The number of thioether (sulfide) groups is 3. The summed E-state index contributed by atoms with van der Waals surface area (Å²) in [5.41, 5.74) is 16.0. The zero-order chi connectivity index (χ0) is 48.8. The highest BCUT2D eigenvalue weighted by Crippen LogP contribution is 2.65. The lowest BCUT2D eigenvalue weighted by Gasteiger charge is -2.45. The van der Waals surface area contributed by atoms with Gasteiger partial charge in [0.25, 0.3) is 0 Å². The Morgan fingerprint density at radius 2 is 0.917 bits per heavy atom. The van der Waals surface area contributed by atoms with Gasteiger partial charge in [-0.2, -0.15) is 0 Å². The maximum absolute atomic E-state index is 2.65. The molecule has 2 fully saturated rings. The van der Waals surface area contributed by atoms with E-state index in [0.717, 1.165) is 0 Å². The highest BCUT2D eigenvalue weighted by molar-refractivity contribution is 8.01. The molecule has 0 spiro atoms. The van der Waals surface area contributed by atoms with Crippen molar-refractivity contribution < 1.29 is 0 Å². The standard InChI is InChI=1S/C69H68S3/c1-7-8-9-12-32-65(2)42-70-60-29-22-44(37-57(60)65)53-40-54(45-23-30-61-58(38-45)66(3)33-13-15-35-68(66,5)71-61)49-25-26-51-55(46-24-31-62-59(39-46)67(4)34-14-16-36-69(67,6)72-62)41-56(52-28-27-50(53)63(49)64(51)52)48-21-17-19-43-18-10-11-20-47(43)48/h10-11,17-31,37-41H,7-9,12-16,32-36,42H2,1-6H3. The summed E-state index contributed by atoms with van der Waals surface area (Å²) in [6, 6.07) is 54.0. The van der Waals surface area contributed by atoms with Crippen LogP contribution in [0.2, 0.25) is 0 Å². The third-order valence-electron chi connectivity index (χ3n) is 20.0. The van der Waals surface area contributed by atoms with Crippen molar-refractivity contribution in [2.75, 3.05) is 5.75 Å². The molecule has 0 radical (unpaired) electrons. The molecule has 362 valence electrons. The Kier molecular flexibility index (Phi) is 10.6. The highest BCUT2D eigenvalue weighted by atomic mass is 32.2. The summed E-state index contributed by atoms with van der Waals surface area (Å²) in [6.45, 7) is 15.2. The van der Waals surface area contributed by atoms with Crippen molar-refractivity contribution in [3.8, 4) is 44.5 Å². The Morgan fingerprint density at radius 1 is 0.417 bits per heavy atom. The first-order chi connectivity index (χ1) is 34.9. The molecule has 0 nitrogen and oxygen atoms in total.